The number of hydrogen-bond donors (Lipinski definition) is 1. The molecule has 1 aliphatic rings. The Bertz CT molecular complexity index is 956. The highest BCUT2D eigenvalue weighted by molar-refractivity contribution is 5.85. The molecular formula is C18H20FN5O3. The van der Waals surface area contributed by atoms with Crippen LogP contribution in [0, 0.1) is 6.08 Å². The van der Waals surface area contributed by atoms with Gasteiger partial charge in [0.2, 0.25) is 0 Å². The van der Waals surface area contributed by atoms with E-state index in [9.17, 15) is 4.39 Å². The summed E-state index contributed by atoms with van der Waals surface area (Å²) in [5.74, 6) is 1.43. The van der Waals surface area contributed by atoms with E-state index in [1.165, 1.54) is 0 Å². The highest BCUT2D eigenvalue weighted by Gasteiger charge is 2.21. The lowest BCUT2D eigenvalue weighted by Gasteiger charge is -2.23. The normalized spacial score (nSPS) is 17.1. The third kappa shape index (κ3) is 3.37. The molecule has 1 unspecified atom stereocenters. The third-order valence-electron chi connectivity index (χ3n) is 4.51. The van der Waals surface area contributed by atoms with E-state index in [1.54, 1.807) is 43.3 Å². The van der Waals surface area contributed by atoms with Crippen molar-refractivity contribution in [2.45, 2.75) is 25.5 Å². The highest BCUT2D eigenvalue weighted by Crippen LogP contribution is 2.33. The third-order valence-corrected chi connectivity index (χ3v) is 4.51. The molecule has 0 saturated carbocycles. The molecule has 1 aromatic carbocycles. The number of nitrogens with one attached hydrogen (secondary N) is 1. The predicted octanol–water partition coefficient (Wildman–Crippen LogP) is 3.43. The predicted molar refractivity (Wildman–Crippen MR) is 96.9 cm³/mol. The van der Waals surface area contributed by atoms with Crippen LogP contribution in [0.25, 0.3) is 11.2 Å². The van der Waals surface area contributed by atoms with Crippen molar-refractivity contribution in [1.29, 1.82) is 0 Å². The lowest BCUT2D eigenvalue weighted by Crippen LogP contribution is -2.18. The lowest BCUT2D eigenvalue weighted by atomic mass is 10.2. The summed E-state index contributed by atoms with van der Waals surface area (Å²) in [6.07, 6.45) is 3.52. The van der Waals surface area contributed by atoms with Crippen molar-refractivity contribution >= 4 is 22.7 Å². The molecule has 8 nitrogen and oxygen atoms in total. The topological polar surface area (TPSA) is 83.3 Å². The first kappa shape index (κ1) is 17.5. The van der Waals surface area contributed by atoms with Crippen molar-refractivity contribution in [3.63, 3.8) is 0 Å². The van der Waals surface area contributed by atoms with E-state index in [0.717, 1.165) is 19.3 Å². The number of anilines is 2. The molecule has 1 saturated heterocycles. The standard InChI is InChI=1S/C18H20FN5O3/c1-25-12-7-6-11(9-13(12)26-2)21-16-15-17(23-18(19)22-16)24(10-20-15)14-5-3-4-8-27-14/h6-7,9-10,14H,3-5,8H2,1-2H3,(H,21,22,23). The molecule has 1 N–H and O–H groups in total. The quantitative estimate of drug-likeness (QED) is 0.686. The SMILES string of the molecule is COc1ccc(Nc2nc(F)nc3c2ncn3C2CCCCO2)cc1OC. The molecule has 2 aromatic heterocycles. The number of rotatable bonds is 5. The molecule has 0 radical (unpaired) electrons. The number of hydrogen-bond acceptors (Lipinski definition) is 7. The molecule has 4 rings (SSSR count). The smallest absolute Gasteiger partial charge is 0.312 e. The van der Waals surface area contributed by atoms with E-state index in [1.807, 2.05) is 0 Å². The molecule has 0 aliphatic carbocycles. The second-order valence-corrected chi connectivity index (χ2v) is 6.18. The van der Waals surface area contributed by atoms with Crippen LogP contribution < -0.4 is 14.8 Å². The number of fused-ring (bicyclic) bond motifs is 1. The van der Waals surface area contributed by atoms with Crippen LogP contribution in [0.2, 0.25) is 0 Å². The molecule has 0 amide bonds. The van der Waals surface area contributed by atoms with Gasteiger partial charge in [0.25, 0.3) is 0 Å². The van der Waals surface area contributed by atoms with Crippen LogP contribution in [0.4, 0.5) is 15.9 Å². The average Bonchev–Trinajstić information content (AvgIpc) is 3.12. The van der Waals surface area contributed by atoms with Gasteiger partial charge >= 0.3 is 6.08 Å². The molecule has 0 spiro atoms. The number of methoxy groups -OCH3 is 2. The van der Waals surface area contributed by atoms with Crippen LogP contribution in [0.5, 0.6) is 11.5 Å². The van der Waals surface area contributed by atoms with Gasteiger partial charge in [0.15, 0.2) is 28.5 Å². The van der Waals surface area contributed by atoms with Crippen LogP contribution in [-0.4, -0.2) is 40.3 Å². The summed E-state index contributed by atoms with van der Waals surface area (Å²) >= 11 is 0. The van der Waals surface area contributed by atoms with Crippen molar-refractivity contribution in [1.82, 2.24) is 19.5 Å². The Morgan fingerprint density at radius 1 is 1.19 bits per heavy atom. The monoisotopic (exact) mass is 373 g/mol. The van der Waals surface area contributed by atoms with Crippen LogP contribution >= 0.6 is 0 Å². The Morgan fingerprint density at radius 3 is 2.78 bits per heavy atom. The summed E-state index contributed by atoms with van der Waals surface area (Å²) in [5, 5.41) is 3.09. The molecule has 1 atom stereocenters. The number of nitrogens with zero attached hydrogens (tertiary/aromatic N) is 4. The van der Waals surface area contributed by atoms with Gasteiger partial charge in [0.1, 0.15) is 6.23 Å². The van der Waals surface area contributed by atoms with Crippen LogP contribution in [0.3, 0.4) is 0 Å². The summed E-state index contributed by atoms with van der Waals surface area (Å²) in [6.45, 7) is 0.675. The number of aromatic nitrogens is 4. The molecule has 0 bridgehead atoms. The molecule has 1 fully saturated rings. The van der Waals surface area contributed by atoms with Gasteiger partial charge in [0, 0.05) is 18.4 Å². The van der Waals surface area contributed by atoms with Crippen LogP contribution in [-0.2, 0) is 4.74 Å². The molecule has 142 valence electrons. The first-order valence-corrected chi connectivity index (χ1v) is 8.70. The van der Waals surface area contributed by atoms with Crippen molar-refractivity contribution in [3.8, 4) is 11.5 Å². The molecule has 3 heterocycles. The van der Waals surface area contributed by atoms with E-state index in [-0.39, 0.29) is 12.0 Å². The van der Waals surface area contributed by atoms with Gasteiger partial charge in [-0.05, 0) is 31.4 Å². The van der Waals surface area contributed by atoms with E-state index < -0.39 is 6.08 Å². The van der Waals surface area contributed by atoms with E-state index in [0.29, 0.717) is 35.0 Å². The largest absolute Gasteiger partial charge is 0.493 e. The Balaban J connectivity index is 1.71. The fourth-order valence-electron chi connectivity index (χ4n) is 3.18. The maximum absolute atomic E-state index is 14.1. The van der Waals surface area contributed by atoms with Gasteiger partial charge in [-0.1, -0.05) is 0 Å². The molecule has 27 heavy (non-hydrogen) atoms. The van der Waals surface area contributed by atoms with Crippen LogP contribution in [0.15, 0.2) is 24.5 Å². The number of halogens is 1. The Labute approximate surface area is 155 Å². The number of benzene rings is 1. The zero-order valence-electron chi connectivity index (χ0n) is 15.1. The summed E-state index contributed by atoms with van der Waals surface area (Å²) in [5.41, 5.74) is 1.54. The van der Waals surface area contributed by atoms with Gasteiger partial charge in [-0.25, -0.2) is 4.98 Å². The first-order valence-electron chi connectivity index (χ1n) is 8.70. The second-order valence-electron chi connectivity index (χ2n) is 6.18. The number of imidazole rings is 1. The van der Waals surface area contributed by atoms with Gasteiger partial charge in [0.05, 0.1) is 20.5 Å². The minimum atomic E-state index is -0.831. The minimum Gasteiger partial charge on any atom is -0.493 e. The maximum Gasteiger partial charge on any atom is 0.312 e. The van der Waals surface area contributed by atoms with Gasteiger partial charge in [-0.15, -0.1) is 0 Å². The van der Waals surface area contributed by atoms with E-state index >= 15 is 0 Å². The first-order chi connectivity index (χ1) is 13.2. The average molecular weight is 373 g/mol. The zero-order valence-corrected chi connectivity index (χ0v) is 15.1. The molecule has 9 heteroatoms. The minimum absolute atomic E-state index is 0.188. The summed E-state index contributed by atoms with van der Waals surface area (Å²) < 4.78 is 32.2. The van der Waals surface area contributed by atoms with Crippen LogP contribution in [0.1, 0.15) is 25.5 Å². The Morgan fingerprint density at radius 2 is 2.04 bits per heavy atom. The van der Waals surface area contributed by atoms with Crippen molar-refractivity contribution in [2.75, 3.05) is 26.1 Å². The highest BCUT2D eigenvalue weighted by atomic mass is 19.1. The maximum atomic E-state index is 14.1. The summed E-state index contributed by atoms with van der Waals surface area (Å²) in [7, 11) is 3.12. The van der Waals surface area contributed by atoms with Gasteiger partial charge < -0.3 is 19.5 Å². The Kier molecular flexibility index (Phi) is 4.76. The fourth-order valence-corrected chi connectivity index (χ4v) is 3.18. The zero-order chi connectivity index (χ0) is 18.8. The molecule has 3 aromatic rings. The van der Waals surface area contributed by atoms with Crippen molar-refractivity contribution in [3.05, 3.63) is 30.6 Å². The summed E-state index contributed by atoms with van der Waals surface area (Å²) in [6, 6.07) is 5.28. The lowest BCUT2D eigenvalue weighted by molar-refractivity contribution is -0.0298. The van der Waals surface area contributed by atoms with Gasteiger partial charge in [-0.3, -0.25) is 4.57 Å². The molecular weight excluding hydrogens is 353 g/mol. The van der Waals surface area contributed by atoms with E-state index in [2.05, 4.69) is 20.3 Å². The van der Waals surface area contributed by atoms with Crippen molar-refractivity contribution in [2.24, 2.45) is 0 Å². The second kappa shape index (κ2) is 7.36. The van der Waals surface area contributed by atoms with Crippen molar-refractivity contribution < 1.29 is 18.6 Å². The van der Waals surface area contributed by atoms with Gasteiger partial charge in [-0.2, -0.15) is 14.4 Å². The summed E-state index contributed by atoms with van der Waals surface area (Å²) in [4.78, 5) is 12.2. The molecule has 1 aliphatic heterocycles. The number of ether oxygens (including phenoxy) is 3. The Hall–Kier alpha value is -2.94. The fraction of sp³-hybridized carbons (Fsp3) is 0.389. The van der Waals surface area contributed by atoms with E-state index in [4.69, 9.17) is 14.2 Å².